The van der Waals surface area contributed by atoms with Crippen molar-refractivity contribution in [3.05, 3.63) is 62.8 Å². The largest absolute Gasteiger partial charge is 0.485 e. The second-order valence-corrected chi connectivity index (χ2v) is 6.00. The Hall–Kier alpha value is -1.10. The van der Waals surface area contributed by atoms with Crippen LogP contribution in [0.2, 0.25) is 5.02 Å². The molecule has 1 aliphatic heterocycles. The predicted molar refractivity (Wildman–Crippen MR) is 78.5 cm³/mol. The van der Waals surface area contributed by atoms with Gasteiger partial charge in [-0.15, -0.1) is 0 Å². The molecule has 1 heterocycles. The van der Waals surface area contributed by atoms with Gasteiger partial charge in [-0.2, -0.15) is 0 Å². The van der Waals surface area contributed by atoms with Crippen molar-refractivity contribution in [2.24, 2.45) is 0 Å². The topological polar surface area (TPSA) is 29.5 Å². The maximum Gasteiger partial charge on any atom is 0.128 e. The molecule has 0 spiro atoms. The molecule has 0 aromatic heterocycles. The number of fused-ring (bicyclic) bond motifs is 1. The summed E-state index contributed by atoms with van der Waals surface area (Å²) in [5.41, 5.74) is 1.35. The fourth-order valence-electron chi connectivity index (χ4n) is 2.37. The van der Waals surface area contributed by atoms with Crippen LogP contribution in [0, 0.1) is 5.82 Å². The third kappa shape index (κ3) is 2.55. The Balaban J connectivity index is 1.99. The van der Waals surface area contributed by atoms with Crippen LogP contribution in [-0.4, -0.2) is 5.11 Å². The van der Waals surface area contributed by atoms with Gasteiger partial charge in [0, 0.05) is 27.0 Å². The highest BCUT2D eigenvalue weighted by atomic mass is 79.9. The fraction of sp³-hybridized carbons (Fsp3) is 0.200. The number of aliphatic hydroxyl groups excluding tert-OH is 1. The lowest BCUT2D eigenvalue weighted by atomic mass is 9.95. The molecule has 1 unspecified atom stereocenters. The van der Waals surface area contributed by atoms with Crippen LogP contribution in [0.4, 0.5) is 4.39 Å². The Kier molecular flexibility index (Phi) is 3.71. The number of rotatable bonds is 1. The molecule has 0 radical (unpaired) electrons. The Bertz CT molecular complexity index is 662. The first-order chi connectivity index (χ1) is 9.54. The van der Waals surface area contributed by atoms with E-state index in [0.29, 0.717) is 22.8 Å². The normalized spacial score (nSPS) is 21.2. The number of halogens is 3. The molecule has 0 fully saturated rings. The van der Waals surface area contributed by atoms with Crippen LogP contribution in [0.5, 0.6) is 5.75 Å². The van der Waals surface area contributed by atoms with Gasteiger partial charge in [0.1, 0.15) is 17.7 Å². The zero-order valence-electron chi connectivity index (χ0n) is 10.3. The van der Waals surface area contributed by atoms with Crippen molar-refractivity contribution in [2.75, 3.05) is 0 Å². The van der Waals surface area contributed by atoms with E-state index in [4.69, 9.17) is 16.3 Å². The molecule has 20 heavy (non-hydrogen) atoms. The van der Waals surface area contributed by atoms with E-state index in [1.807, 2.05) is 6.07 Å². The molecule has 0 saturated carbocycles. The molecule has 0 aliphatic carbocycles. The Morgan fingerprint density at radius 3 is 2.80 bits per heavy atom. The molecule has 0 bridgehead atoms. The van der Waals surface area contributed by atoms with E-state index in [1.54, 1.807) is 18.2 Å². The lowest BCUT2D eigenvalue weighted by Gasteiger charge is -2.30. The summed E-state index contributed by atoms with van der Waals surface area (Å²) in [6.45, 7) is 0. The number of hydrogen-bond acceptors (Lipinski definition) is 2. The third-order valence-corrected chi connectivity index (χ3v) is 4.30. The monoisotopic (exact) mass is 356 g/mol. The smallest absolute Gasteiger partial charge is 0.128 e. The molecule has 2 atom stereocenters. The lowest BCUT2D eigenvalue weighted by molar-refractivity contribution is 0.0650. The van der Waals surface area contributed by atoms with Gasteiger partial charge in [-0.05, 0) is 36.4 Å². The zero-order chi connectivity index (χ0) is 14.3. The molecule has 5 heteroatoms. The molecule has 1 N–H and O–H groups in total. The van der Waals surface area contributed by atoms with Crippen molar-refractivity contribution >= 4 is 27.5 Å². The maximum atomic E-state index is 13.2. The summed E-state index contributed by atoms with van der Waals surface area (Å²) < 4.78 is 19.9. The molecular formula is C15H11BrClFO2. The van der Waals surface area contributed by atoms with E-state index < -0.39 is 6.10 Å². The van der Waals surface area contributed by atoms with Gasteiger partial charge in [-0.25, -0.2) is 4.39 Å². The number of aliphatic hydroxyl groups is 1. The van der Waals surface area contributed by atoms with Crippen LogP contribution in [-0.2, 0) is 0 Å². The molecule has 3 rings (SSSR count). The highest BCUT2D eigenvalue weighted by Gasteiger charge is 2.29. The minimum absolute atomic E-state index is 0.323. The quantitative estimate of drug-likeness (QED) is 0.794. The Labute approximate surface area is 129 Å². The van der Waals surface area contributed by atoms with E-state index in [1.165, 1.54) is 12.1 Å². The van der Waals surface area contributed by atoms with Crippen molar-refractivity contribution in [1.29, 1.82) is 0 Å². The molecule has 2 aromatic rings. The van der Waals surface area contributed by atoms with E-state index in [9.17, 15) is 9.50 Å². The van der Waals surface area contributed by atoms with Gasteiger partial charge in [0.15, 0.2) is 0 Å². The number of benzene rings is 2. The molecule has 0 saturated heterocycles. The molecule has 2 nitrogen and oxygen atoms in total. The van der Waals surface area contributed by atoms with Crippen LogP contribution in [0.1, 0.15) is 29.8 Å². The summed E-state index contributed by atoms with van der Waals surface area (Å²) in [6.07, 6.45) is -0.726. The van der Waals surface area contributed by atoms with Gasteiger partial charge in [-0.1, -0.05) is 27.5 Å². The van der Waals surface area contributed by atoms with E-state index in [0.717, 1.165) is 10.0 Å². The van der Waals surface area contributed by atoms with Crippen molar-refractivity contribution in [3.8, 4) is 5.75 Å². The number of hydrogen-bond donors (Lipinski definition) is 1. The van der Waals surface area contributed by atoms with Crippen molar-refractivity contribution in [3.63, 3.8) is 0 Å². The third-order valence-electron chi connectivity index (χ3n) is 3.34. The van der Waals surface area contributed by atoms with Gasteiger partial charge < -0.3 is 9.84 Å². The first kappa shape index (κ1) is 13.9. The van der Waals surface area contributed by atoms with Gasteiger partial charge in [0.25, 0.3) is 0 Å². The van der Waals surface area contributed by atoms with Crippen LogP contribution in [0.3, 0.4) is 0 Å². The van der Waals surface area contributed by atoms with E-state index in [2.05, 4.69) is 15.9 Å². The minimum atomic E-state index is -0.759. The zero-order valence-corrected chi connectivity index (χ0v) is 12.7. The summed E-state index contributed by atoms with van der Waals surface area (Å²) in [4.78, 5) is 0. The number of ether oxygens (including phenoxy) is 1. The summed E-state index contributed by atoms with van der Waals surface area (Å²) in [5, 5.41) is 10.8. The summed E-state index contributed by atoms with van der Waals surface area (Å²) in [6, 6.07) is 9.59. The molecule has 0 amide bonds. The molecule has 104 valence electrons. The molecular weight excluding hydrogens is 347 g/mol. The van der Waals surface area contributed by atoms with Crippen LogP contribution in [0.15, 0.2) is 40.9 Å². The summed E-state index contributed by atoms with van der Waals surface area (Å²) in [7, 11) is 0. The highest BCUT2D eigenvalue weighted by Crippen LogP contribution is 2.43. The summed E-state index contributed by atoms with van der Waals surface area (Å²) >= 11 is 9.46. The van der Waals surface area contributed by atoms with Crippen LogP contribution in [0.25, 0.3) is 0 Å². The van der Waals surface area contributed by atoms with Gasteiger partial charge in [0.2, 0.25) is 0 Å². The molecule has 2 aromatic carbocycles. The summed E-state index contributed by atoms with van der Waals surface area (Å²) in [5.74, 6) is 0.121. The minimum Gasteiger partial charge on any atom is -0.485 e. The second-order valence-electron chi connectivity index (χ2n) is 4.71. The fourth-order valence-corrected chi connectivity index (χ4v) is 3.05. The van der Waals surface area contributed by atoms with Gasteiger partial charge in [0.05, 0.1) is 6.10 Å². The maximum absolute atomic E-state index is 13.2. The standard InChI is InChI=1S/C15H11BrClFO2/c16-12-3-1-8(17)5-10(12)15-7-13(19)11-6-9(18)2-4-14(11)20-15/h1-6,13,15,19H,7H2/t13-,15?/m0/s1. The van der Waals surface area contributed by atoms with Crippen LogP contribution >= 0.6 is 27.5 Å². The second kappa shape index (κ2) is 5.35. The first-order valence-electron chi connectivity index (χ1n) is 6.13. The van der Waals surface area contributed by atoms with Crippen molar-refractivity contribution < 1.29 is 14.2 Å². The van der Waals surface area contributed by atoms with E-state index >= 15 is 0 Å². The van der Waals surface area contributed by atoms with Crippen molar-refractivity contribution in [2.45, 2.75) is 18.6 Å². The van der Waals surface area contributed by atoms with E-state index in [-0.39, 0.29) is 11.9 Å². The average molecular weight is 358 g/mol. The average Bonchev–Trinajstić information content (AvgIpc) is 2.42. The predicted octanol–water partition coefficient (Wildman–Crippen LogP) is 4.80. The molecule has 1 aliphatic rings. The first-order valence-corrected chi connectivity index (χ1v) is 7.31. The highest BCUT2D eigenvalue weighted by molar-refractivity contribution is 9.10. The van der Waals surface area contributed by atoms with Gasteiger partial charge in [-0.3, -0.25) is 0 Å². The van der Waals surface area contributed by atoms with Crippen LogP contribution < -0.4 is 4.74 Å². The van der Waals surface area contributed by atoms with Crippen molar-refractivity contribution in [1.82, 2.24) is 0 Å². The van der Waals surface area contributed by atoms with Gasteiger partial charge >= 0.3 is 0 Å². The lowest BCUT2D eigenvalue weighted by Crippen LogP contribution is -2.19. The Morgan fingerprint density at radius 1 is 1.20 bits per heavy atom. The SMILES string of the molecule is O[C@H]1CC(c2cc(Cl)ccc2Br)Oc2ccc(F)cc21. The Morgan fingerprint density at radius 2 is 2.00 bits per heavy atom.